The smallest absolute Gasteiger partial charge is 0.250 e. The lowest BCUT2D eigenvalue weighted by Crippen LogP contribution is -2.15. The van der Waals surface area contributed by atoms with Gasteiger partial charge in [-0.25, -0.2) is 0 Å². The van der Waals surface area contributed by atoms with Crippen LogP contribution >= 0.6 is 0 Å². The first-order valence-corrected chi connectivity index (χ1v) is 4.24. The number of carbonyl (C=O) groups is 1. The molecule has 4 N–H and O–H groups in total. The van der Waals surface area contributed by atoms with E-state index in [9.17, 15) is 4.79 Å². The summed E-state index contributed by atoms with van der Waals surface area (Å²) >= 11 is 0. The number of nitrogens with two attached hydrogens (primary N) is 2. The minimum Gasteiger partial charge on any atom is -0.366 e. The third-order valence-corrected chi connectivity index (χ3v) is 2.19. The molecule has 0 spiro atoms. The number of primary amides is 1. The highest BCUT2D eigenvalue weighted by Gasteiger charge is 2.11. The Morgan fingerprint density at radius 3 is 2.54 bits per heavy atom. The van der Waals surface area contributed by atoms with Crippen molar-refractivity contribution in [3.63, 3.8) is 0 Å². The predicted octanol–water partition coefficient (Wildman–Crippen LogP) is 0.163. The van der Waals surface area contributed by atoms with Gasteiger partial charge in [0.25, 0.3) is 5.91 Å². The second kappa shape index (κ2) is 3.62. The minimum absolute atomic E-state index is 0.378. The molecule has 0 bridgehead atoms. The van der Waals surface area contributed by atoms with Crippen molar-refractivity contribution in [2.24, 2.45) is 11.5 Å². The standard InChI is InChI=1S/C9H15N3O/c1-6-5-8(9(11)13)7(2)12(6)4-3-10/h5H,3-4,10H2,1-2H3,(H2,11,13). The van der Waals surface area contributed by atoms with Gasteiger partial charge in [-0.3, -0.25) is 4.79 Å². The summed E-state index contributed by atoms with van der Waals surface area (Å²) in [6, 6.07) is 1.80. The Bertz CT molecular complexity index is 328. The molecule has 4 heteroatoms. The third-order valence-electron chi connectivity index (χ3n) is 2.19. The summed E-state index contributed by atoms with van der Waals surface area (Å²) in [5.74, 6) is -0.378. The fourth-order valence-electron chi connectivity index (χ4n) is 1.52. The van der Waals surface area contributed by atoms with Crippen molar-refractivity contribution in [1.82, 2.24) is 4.57 Å². The number of nitrogens with zero attached hydrogens (tertiary/aromatic N) is 1. The van der Waals surface area contributed by atoms with Gasteiger partial charge in [0.15, 0.2) is 0 Å². The maximum Gasteiger partial charge on any atom is 0.250 e. The average Bonchev–Trinajstić information content (AvgIpc) is 2.32. The lowest BCUT2D eigenvalue weighted by Gasteiger charge is -2.06. The fraction of sp³-hybridized carbons (Fsp3) is 0.444. The molecule has 72 valence electrons. The molecule has 0 aliphatic heterocycles. The molecule has 1 aromatic heterocycles. The lowest BCUT2D eigenvalue weighted by molar-refractivity contribution is 0.0999. The number of carbonyl (C=O) groups excluding carboxylic acids is 1. The summed E-state index contributed by atoms with van der Waals surface area (Å²) in [5.41, 5.74) is 13.2. The first kappa shape index (κ1) is 9.80. The molecule has 0 unspecified atom stereocenters. The fourth-order valence-corrected chi connectivity index (χ4v) is 1.52. The number of rotatable bonds is 3. The van der Waals surface area contributed by atoms with Gasteiger partial charge in [-0.15, -0.1) is 0 Å². The van der Waals surface area contributed by atoms with Crippen LogP contribution in [-0.4, -0.2) is 17.0 Å². The van der Waals surface area contributed by atoms with E-state index in [4.69, 9.17) is 11.5 Å². The molecule has 1 rings (SSSR count). The first-order chi connectivity index (χ1) is 6.07. The van der Waals surface area contributed by atoms with Gasteiger partial charge in [-0.1, -0.05) is 0 Å². The zero-order valence-corrected chi connectivity index (χ0v) is 8.00. The third kappa shape index (κ3) is 1.72. The van der Waals surface area contributed by atoms with E-state index in [0.717, 1.165) is 17.9 Å². The van der Waals surface area contributed by atoms with Gasteiger partial charge in [0.2, 0.25) is 0 Å². The molecular weight excluding hydrogens is 166 g/mol. The highest BCUT2D eigenvalue weighted by Crippen LogP contribution is 2.13. The number of hydrogen-bond donors (Lipinski definition) is 2. The van der Waals surface area contributed by atoms with E-state index in [1.165, 1.54) is 0 Å². The second-order valence-electron chi connectivity index (χ2n) is 3.09. The van der Waals surface area contributed by atoms with Gasteiger partial charge in [0.1, 0.15) is 0 Å². The zero-order valence-electron chi connectivity index (χ0n) is 8.00. The Balaban J connectivity index is 3.14. The Morgan fingerprint density at radius 2 is 2.15 bits per heavy atom. The monoisotopic (exact) mass is 181 g/mol. The quantitative estimate of drug-likeness (QED) is 0.697. The van der Waals surface area contributed by atoms with E-state index < -0.39 is 0 Å². The molecule has 0 aliphatic carbocycles. The van der Waals surface area contributed by atoms with Gasteiger partial charge in [0, 0.05) is 24.5 Å². The van der Waals surface area contributed by atoms with E-state index in [1.54, 1.807) is 6.07 Å². The van der Waals surface area contributed by atoms with Crippen LogP contribution in [0.25, 0.3) is 0 Å². The van der Waals surface area contributed by atoms with E-state index in [2.05, 4.69) is 0 Å². The Kier molecular flexibility index (Phi) is 2.72. The van der Waals surface area contributed by atoms with Crippen molar-refractivity contribution < 1.29 is 4.79 Å². The van der Waals surface area contributed by atoms with Gasteiger partial charge < -0.3 is 16.0 Å². The summed E-state index contributed by atoms with van der Waals surface area (Å²) in [6.45, 7) is 5.11. The first-order valence-electron chi connectivity index (χ1n) is 4.24. The summed E-state index contributed by atoms with van der Waals surface area (Å²) in [5, 5.41) is 0. The number of aryl methyl sites for hydroxylation is 1. The minimum atomic E-state index is -0.378. The molecular formula is C9H15N3O. The number of hydrogen-bond acceptors (Lipinski definition) is 2. The molecule has 0 aromatic carbocycles. The van der Waals surface area contributed by atoms with E-state index >= 15 is 0 Å². The molecule has 1 amide bonds. The van der Waals surface area contributed by atoms with Crippen LogP contribution in [0.1, 0.15) is 21.7 Å². The Hall–Kier alpha value is -1.29. The highest BCUT2D eigenvalue weighted by molar-refractivity contribution is 5.94. The van der Waals surface area contributed by atoms with Crippen molar-refractivity contribution in [3.8, 4) is 0 Å². The number of amides is 1. The Labute approximate surface area is 77.5 Å². The van der Waals surface area contributed by atoms with Crippen LogP contribution in [0, 0.1) is 13.8 Å². The summed E-state index contributed by atoms with van der Waals surface area (Å²) in [4.78, 5) is 11.0. The van der Waals surface area contributed by atoms with Crippen LogP contribution in [-0.2, 0) is 6.54 Å². The molecule has 0 saturated carbocycles. The van der Waals surface area contributed by atoms with Crippen LogP contribution in [0.3, 0.4) is 0 Å². The molecule has 0 aliphatic rings. The largest absolute Gasteiger partial charge is 0.366 e. The van der Waals surface area contributed by atoms with Crippen LogP contribution in [0.15, 0.2) is 6.07 Å². The van der Waals surface area contributed by atoms with Crippen LogP contribution < -0.4 is 11.5 Å². The van der Waals surface area contributed by atoms with Crippen LogP contribution in [0.2, 0.25) is 0 Å². The van der Waals surface area contributed by atoms with Gasteiger partial charge in [0.05, 0.1) is 5.56 Å². The zero-order chi connectivity index (χ0) is 10.0. The lowest BCUT2D eigenvalue weighted by atomic mass is 10.2. The summed E-state index contributed by atoms with van der Waals surface area (Å²) in [7, 11) is 0. The molecule has 0 saturated heterocycles. The van der Waals surface area contributed by atoms with Crippen molar-refractivity contribution in [3.05, 3.63) is 23.0 Å². The molecule has 1 aromatic rings. The van der Waals surface area contributed by atoms with Crippen molar-refractivity contribution in [2.75, 3.05) is 6.54 Å². The van der Waals surface area contributed by atoms with Crippen molar-refractivity contribution in [1.29, 1.82) is 0 Å². The maximum absolute atomic E-state index is 11.0. The van der Waals surface area contributed by atoms with Crippen molar-refractivity contribution in [2.45, 2.75) is 20.4 Å². The van der Waals surface area contributed by atoms with Gasteiger partial charge in [-0.05, 0) is 19.9 Å². The molecule has 13 heavy (non-hydrogen) atoms. The van der Waals surface area contributed by atoms with Crippen molar-refractivity contribution >= 4 is 5.91 Å². The summed E-state index contributed by atoms with van der Waals surface area (Å²) < 4.78 is 2.00. The molecule has 4 nitrogen and oxygen atoms in total. The van der Waals surface area contributed by atoms with E-state index in [1.807, 2.05) is 18.4 Å². The molecule has 1 heterocycles. The summed E-state index contributed by atoms with van der Waals surface area (Å²) in [6.07, 6.45) is 0. The number of aromatic nitrogens is 1. The maximum atomic E-state index is 11.0. The topological polar surface area (TPSA) is 74.0 Å². The normalized spacial score (nSPS) is 10.4. The van der Waals surface area contributed by atoms with E-state index in [-0.39, 0.29) is 5.91 Å². The van der Waals surface area contributed by atoms with E-state index in [0.29, 0.717) is 12.1 Å². The molecule has 0 fully saturated rings. The average molecular weight is 181 g/mol. The van der Waals surface area contributed by atoms with Gasteiger partial charge in [-0.2, -0.15) is 0 Å². The van der Waals surface area contributed by atoms with Gasteiger partial charge >= 0.3 is 0 Å². The molecule has 0 radical (unpaired) electrons. The SMILES string of the molecule is Cc1cc(C(N)=O)c(C)n1CCN. The molecule has 0 atom stereocenters. The van der Waals surface area contributed by atoms with Crippen LogP contribution in [0.5, 0.6) is 0 Å². The van der Waals surface area contributed by atoms with Crippen LogP contribution in [0.4, 0.5) is 0 Å². The second-order valence-corrected chi connectivity index (χ2v) is 3.09. The Morgan fingerprint density at radius 1 is 1.54 bits per heavy atom. The highest BCUT2D eigenvalue weighted by atomic mass is 16.1. The predicted molar refractivity (Wildman–Crippen MR) is 51.5 cm³/mol.